The number of halogens is 1. The summed E-state index contributed by atoms with van der Waals surface area (Å²) in [6, 6.07) is 12.4. The summed E-state index contributed by atoms with van der Waals surface area (Å²) in [6.45, 7) is 1.86. The molecule has 0 bridgehead atoms. The van der Waals surface area contributed by atoms with Crippen molar-refractivity contribution in [2.75, 3.05) is 6.54 Å². The van der Waals surface area contributed by atoms with Gasteiger partial charge in [0.25, 0.3) is 11.8 Å². The van der Waals surface area contributed by atoms with Gasteiger partial charge in [-0.15, -0.1) is 11.3 Å². The van der Waals surface area contributed by atoms with Crippen molar-refractivity contribution in [2.24, 2.45) is 0 Å². The van der Waals surface area contributed by atoms with Crippen molar-refractivity contribution in [3.8, 4) is 6.19 Å². The number of hydrogen-bond acceptors (Lipinski definition) is 4. The van der Waals surface area contributed by atoms with E-state index in [9.17, 15) is 19.2 Å². The summed E-state index contributed by atoms with van der Waals surface area (Å²) in [7, 11) is 0. The maximum absolute atomic E-state index is 14.0. The van der Waals surface area contributed by atoms with Gasteiger partial charge in [-0.25, -0.2) is 9.29 Å². The van der Waals surface area contributed by atoms with Crippen molar-refractivity contribution in [3.63, 3.8) is 0 Å². The Morgan fingerprint density at radius 1 is 1.21 bits per heavy atom. The van der Waals surface area contributed by atoms with Gasteiger partial charge in [0.2, 0.25) is 0 Å². The third-order valence-electron chi connectivity index (χ3n) is 4.41. The highest BCUT2D eigenvalue weighted by atomic mass is 32.1. The molecule has 142 valence electrons. The van der Waals surface area contributed by atoms with Gasteiger partial charge >= 0.3 is 0 Å². The molecule has 0 radical (unpaired) electrons. The number of amides is 2. The Kier molecular flexibility index (Phi) is 6.02. The number of carbonyl (C=O) groups is 2. The Morgan fingerprint density at radius 3 is 2.64 bits per heavy atom. The van der Waals surface area contributed by atoms with Gasteiger partial charge in [0.1, 0.15) is 11.9 Å². The van der Waals surface area contributed by atoms with Crippen molar-refractivity contribution >= 4 is 33.2 Å². The topological polar surface area (TPSA) is 73.2 Å². The fourth-order valence-corrected chi connectivity index (χ4v) is 3.93. The zero-order chi connectivity index (χ0) is 20.1. The molecule has 0 spiro atoms. The molecule has 0 saturated carbocycles. The van der Waals surface area contributed by atoms with Crippen molar-refractivity contribution in [2.45, 2.75) is 19.4 Å². The number of thiophene rings is 1. The number of likely N-dealkylation sites (N-methyl/N-ethyl adjacent to an activating group) is 1. The van der Waals surface area contributed by atoms with Crippen molar-refractivity contribution < 1.29 is 14.0 Å². The number of hydrogen-bond donors (Lipinski definition) is 1. The van der Waals surface area contributed by atoms with Crippen LogP contribution in [0.25, 0.3) is 10.1 Å². The van der Waals surface area contributed by atoms with Gasteiger partial charge in [0.15, 0.2) is 6.19 Å². The van der Waals surface area contributed by atoms with E-state index in [1.165, 1.54) is 18.2 Å². The summed E-state index contributed by atoms with van der Waals surface area (Å²) >= 11 is 1.54. The van der Waals surface area contributed by atoms with Gasteiger partial charge in [-0.3, -0.25) is 9.59 Å². The summed E-state index contributed by atoms with van der Waals surface area (Å²) in [5, 5.41) is 14.8. The van der Waals surface area contributed by atoms with Crippen molar-refractivity contribution in [1.82, 2.24) is 10.2 Å². The first kappa shape index (κ1) is 19.5. The standard InChI is InChI=1S/C21H18FN3O2S/c1-2-25(13-23)21(27)18(24-20(26)16-8-3-5-9-17(16)22)11-14-12-28-19-10-6-4-7-15(14)19/h3-10,12,18H,2,11H2,1H3,(H,24,26). The number of nitrogens with zero attached hydrogens (tertiary/aromatic N) is 2. The molecule has 28 heavy (non-hydrogen) atoms. The van der Waals surface area contributed by atoms with Crippen LogP contribution < -0.4 is 5.32 Å². The Labute approximate surface area is 166 Å². The number of fused-ring (bicyclic) bond motifs is 1. The lowest BCUT2D eigenvalue weighted by Crippen LogP contribution is -2.48. The molecule has 1 N–H and O–H groups in total. The molecule has 1 atom stereocenters. The largest absolute Gasteiger partial charge is 0.340 e. The third-order valence-corrected chi connectivity index (χ3v) is 5.42. The van der Waals surface area contributed by atoms with Crippen LogP contribution in [0.4, 0.5) is 4.39 Å². The molecule has 3 rings (SSSR count). The lowest BCUT2D eigenvalue weighted by molar-refractivity contribution is -0.130. The molecule has 0 fully saturated rings. The van der Waals surface area contributed by atoms with Crippen LogP contribution in [0.5, 0.6) is 0 Å². The second-order valence-corrected chi connectivity index (χ2v) is 7.06. The van der Waals surface area contributed by atoms with E-state index in [4.69, 9.17) is 0 Å². The van der Waals surface area contributed by atoms with E-state index in [-0.39, 0.29) is 18.5 Å². The maximum Gasteiger partial charge on any atom is 0.258 e. The smallest absolute Gasteiger partial charge is 0.258 e. The molecule has 1 unspecified atom stereocenters. The Bertz CT molecular complexity index is 1060. The van der Waals surface area contributed by atoms with E-state index in [0.29, 0.717) is 0 Å². The minimum absolute atomic E-state index is 0.143. The van der Waals surface area contributed by atoms with E-state index in [1.54, 1.807) is 24.3 Å². The minimum atomic E-state index is -0.982. The van der Waals surface area contributed by atoms with E-state index in [1.807, 2.05) is 35.8 Å². The molecule has 5 nitrogen and oxygen atoms in total. The SMILES string of the molecule is CCN(C#N)C(=O)C(Cc1csc2ccccc12)NC(=O)c1ccccc1F. The van der Waals surface area contributed by atoms with Crippen LogP contribution in [0.1, 0.15) is 22.8 Å². The summed E-state index contributed by atoms with van der Waals surface area (Å²) < 4.78 is 15.0. The summed E-state index contributed by atoms with van der Waals surface area (Å²) in [5.41, 5.74) is 0.747. The molecule has 2 amide bonds. The molecule has 3 aromatic rings. The van der Waals surface area contributed by atoms with Crippen LogP contribution in [0.3, 0.4) is 0 Å². The summed E-state index contributed by atoms with van der Waals surface area (Å²) in [6.07, 6.45) is 2.04. The molecular weight excluding hydrogens is 377 g/mol. The molecule has 2 aromatic carbocycles. The van der Waals surface area contributed by atoms with Crippen molar-refractivity contribution in [1.29, 1.82) is 5.26 Å². The van der Waals surface area contributed by atoms with Crippen LogP contribution in [-0.2, 0) is 11.2 Å². The lowest BCUT2D eigenvalue weighted by Gasteiger charge is -2.21. The Hall–Kier alpha value is -3.24. The summed E-state index contributed by atoms with van der Waals surface area (Å²) in [4.78, 5) is 26.4. The molecule has 1 aromatic heterocycles. The second-order valence-electron chi connectivity index (χ2n) is 6.15. The van der Waals surface area contributed by atoms with Crippen LogP contribution in [-0.4, -0.2) is 29.3 Å². The highest BCUT2D eigenvalue weighted by Crippen LogP contribution is 2.27. The minimum Gasteiger partial charge on any atom is -0.340 e. The van der Waals surface area contributed by atoms with Gasteiger partial charge in [0, 0.05) is 17.7 Å². The third kappa shape index (κ3) is 4.02. The maximum atomic E-state index is 14.0. The number of benzene rings is 2. The van der Waals surface area contributed by atoms with Gasteiger partial charge < -0.3 is 5.32 Å². The van der Waals surface area contributed by atoms with E-state index < -0.39 is 23.7 Å². The molecule has 0 saturated heterocycles. The quantitative estimate of drug-likeness (QED) is 0.511. The predicted molar refractivity (Wildman–Crippen MR) is 106 cm³/mol. The van der Waals surface area contributed by atoms with E-state index in [0.717, 1.165) is 20.5 Å². The van der Waals surface area contributed by atoms with Gasteiger partial charge in [0.05, 0.1) is 5.56 Å². The average Bonchev–Trinajstić information content (AvgIpc) is 3.11. The monoisotopic (exact) mass is 395 g/mol. The van der Waals surface area contributed by atoms with E-state index >= 15 is 0 Å². The van der Waals surface area contributed by atoms with Crippen LogP contribution in [0.2, 0.25) is 0 Å². The average molecular weight is 395 g/mol. The first-order valence-corrected chi connectivity index (χ1v) is 9.64. The molecule has 0 aliphatic rings. The number of rotatable bonds is 6. The zero-order valence-electron chi connectivity index (χ0n) is 15.2. The first-order valence-electron chi connectivity index (χ1n) is 8.76. The Morgan fingerprint density at radius 2 is 1.93 bits per heavy atom. The summed E-state index contributed by atoms with van der Waals surface area (Å²) in [5.74, 6) is -1.88. The van der Waals surface area contributed by atoms with Crippen LogP contribution in [0.15, 0.2) is 53.9 Å². The normalized spacial score (nSPS) is 11.6. The fraction of sp³-hybridized carbons (Fsp3) is 0.190. The predicted octanol–water partition coefficient (Wildman–Crippen LogP) is 3.71. The molecule has 0 aliphatic carbocycles. The van der Waals surface area contributed by atoms with Crippen LogP contribution in [0, 0.1) is 17.3 Å². The molecule has 1 heterocycles. The van der Waals surface area contributed by atoms with Gasteiger partial charge in [-0.2, -0.15) is 5.26 Å². The lowest BCUT2D eigenvalue weighted by atomic mass is 10.0. The molecular formula is C21H18FN3O2S. The fourth-order valence-electron chi connectivity index (χ4n) is 2.96. The van der Waals surface area contributed by atoms with E-state index in [2.05, 4.69) is 5.32 Å². The highest BCUT2D eigenvalue weighted by Gasteiger charge is 2.27. The van der Waals surface area contributed by atoms with Gasteiger partial charge in [-0.05, 0) is 41.5 Å². The van der Waals surface area contributed by atoms with Crippen molar-refractivity contribution in [3.05, 3.63) is 70.9 Å². The highest BCUT2D eigenvalue weighted by molar-refractivity contribution is 7.17. The number of nitrogens with one attached hydrogen (secondary N) is 1. The zero-order valence-corrected chi connectivity index (χ0v) is 16.0. The number of nitriles is 1. The Balaban J connectivity index is 1.91. The van der Waals surface area contributed by atoms with Crippen LogP contribution >= 0.6 is 11.3 Å². The first-order chi connectivity index (χ1) is 13.5. The van der Waals surface area contributed by atoms with Gasteiger partial charge in [-0.1, -0.05) is 30.3 Å². The second kappa shape index (κ2) is 8.63. The molecule has 0 aliphatic heterocycles. The number of carbonyl (C=O) groups excluding carboxylic acids is 2. The molecule has 7 heteroatoms.